The van der Waals surface area contributed by atoms with Gasteiger partial charge in [0.2, 0.25) is 0 Å². The van der Waals surface area contributed by atoms with Gasteiger partial charge >= 0.3 is 0 Å². The van der Waals surface area contributed by atoms with Gasteiger partial charge in [0.15, 0.2) is 0 Å². The van der Waals surface area contributed by atoms with Crippen molar-refractivity contribution in [2.75, 3.05) is 31.2 Å². The van der Waals surface area contributed by atoms with Crippen LogP contribution in [0, 0.1) is 0 Å². The van der Waals surface area contributed by atoms with Crippen molar-refractivity contribution >= 4 is 76.4 Å². The van der Waals surface area contributed by atoms with Gasteiger partial charge in [0.1, 0.15) is 5.69 Å². The standard InChI is InChI=1S/C71H60ClN3O2Si2/c72-69-56-60(71(57-28-10-1-11-29-57,58-30-12-2-13-31-58)59-32-14-3-15-33-59)46-51-70(69)74-73-61-47-49-62(50-48-61)75(52-54-76-78(63-34-16-4-17-35-63,64-36-18-5-19-37-64)65-38-20-6-21-39-65)53-55-77-79(66-40-22-7-23-41-66,67-42-24-8-25-43-67)68-44-26-9-27-45-68/h1-51,56H,52-55H2. The Morgan fingerprint density at radius 3 is 0.937 bits per heavy atom. The average molecular weight is 1080 g/mol. The minimum Gasteiger partial charge on any atom is -0.402 e. The summed E-state index contributed by atoms with van der Waals surface area (Å²) in [5.74, 6) is 0. The van der Waals surface area contributed by atoms with Crippen LogP contribution in [0.5, 0.6) is 0 Å². The number of anilines is 1. The molecule has 5 nitrogen and oxygen atoms in total. The van der Waals surface area contributed by atoms with Crippen LogP contribution in [-0.4, -0.2) is 42.9 Å². The van der Waals surface area contributed by atoms with Gasteiger partial charge < -0.3 is 13.8 Å². The van der Waals surface area contributed by atoms with Crippen molar-refractivity contribution < 1.29 is 8.85 Å². The molecule has 0 bridgehead atoms. The van der Waals surface area contributed by atoms with Gasteiger partial charge in [-0.05, 0) is 89.8 Å². The molecule has 0 saturated carbocycles. The molecule has 11 aromatic rings. The third-order valence-corrected chi connectivity index (χ3v) is 23.4. The van der Waals surface area contributed by atoms with Crippen LogP contribution < -0.4 is 36.0 Å². The van der Waals surface area contributed by atoms with Crippen LogP contribution in [0.2, 0.25) is 5.02 Å². The van der Waals surface area contributed by atoms with Crippen molar-refractivity contribution in [3.05, 3.63) is 343 Å². The Balaban J connectivity index is 0.922. The highest BCUT2D eigenvalue weighted by Gasteiger charge is 2.44. The molecular formula is C71H60ClN3O2Si2. The summed E-state index contributed by atoms with van der Waals surface area (Å²) >= 11 is 7.25. The molecule has 0 aromatic heterocycles. The smallest absolute Gasteiger partial charge is 0.288 e. The van der Waals surface area contributed by atoms with Gasteiger partial charge in [-0.25, -0.2) is 0 Å². The van der Waals surface area contributed by atoms with E-state index in [1.54, 1.807) is 0 Å². The summed E-state index contributed by atoms with van der Waals surface area (Å²) in [5, 5.41) is 17.2. The molecule has 8 heteroatoms. The molecule has 0 fully saturated rings. The summed E-state index contributed by atoms with van der Waals surface area (Å²) in [6.07, 6.45) is 0. The maximum Gasteiger partial charge on any atom is 0.288 e. The molecule has 0 spiro atoms. The summed E-state index contributed by atoms with van der Waals surface area (Å²) < 4.78 is 15.1. The summed E-state index contributed by atoms with van der Waals surface area (Å²) in [6, 6.07) is 111. The molecule has 0 unspecified atom stereocenters. The van der Waals surface area contributed by atoms with Gasteiger partial charge in [-0.15, -0.1) is 5.11 Å². The van der Waals surface area contributed by atoms with Crippen molar-refractivity contribution in [1.29, 1.82) is 0 Å². The van der Waals surface area contributed by atoms with Crippen LogP contribution in [0.15, 0.2) is 326 Å². The minimum atomic E-state index is -3.00. The molecule has 0 heterocycles. The number of nitrogens with zero attached hydrogens (tertiary/aromatic N) is 3. The molecule has 0 saturated heterocycles. The van der Waals surface area contributed by atoms with E-state index in [4.69, 9.17) is 30.7 Å². The SMILES string of the molecule is Clc1cc(C(c2ccccc2)(c2ccccc2)c2ccccc2)ccc1N=Nc1ccc(N(CCO[Si](c2ccccc2)(c2ccccc2)c2ccccc2)CCO[Si](c2ccccc2)(c2ccccc2)c2ccccc2)cc1. The lowest BCUT2D eigenvalue weighted by Gasteiger charge is -2.37. The fourth-order valence-electron chi connectivity index (χ4n) is 11.3. The van der Waals surface area contributed by atoms with Gasteiger partial charge in [-0.1, -0.05) is 291 Å². The predicted molar refractivity (Wildman–Crippen MR) is 332 cm³/mol. The van der Waals surface area contributed by atoms with Gasteiger partial charge in [-0.2, -0.15) is 5.11 Å². The molecule has 0 aliphatic rings. The van der Waals surface area contributed by atoms with E-state index in [0.29, 0.717) is 42.7 Å². The quantitative estimate of drug-likeness (QED) is 0.0409. The van der Waals surface area contributed by atoms with E-state index in [2.05, 4.69) is 296 Å². The topological polar surface area (TPSA) is 46.4 Å². The maximum atomic E-state index is 7.54. The Morgan fingerprint density at radius 2 is 0.633 bits per heavy atom. The second-order valence-electron chi connectivity index (χ2n) is 19.5. The van der Waals surface area contributed by atoms with E-state index in [-0.39, 0.29) is 0 Å². The van der Waals surface area contributed by atoms with E-state index in [1.165, 1.54) is 31.1 Å². The fourth-order valence-corrected chi connectivity index (χ4v) is 19.2. The minimum absolute atomic E-state index is 0.458. The lowest BCUT2D eigenvalue weighted by atomic mass is 9.65. The summed E-state index contributed by atoms with van der Waals surface area (Å²) in [7, 11) is -5.99. The van der Waals surface area contributed by atoms with Crippen molar-refractivity contribution in [2.24, 2.45) is 10.2 Å². The van der Waals surface area contributed by atoms with Crippen molar-refractivity contribution in [3.63, 3.8) is 0 Å². The van der Waals surface area contributed by atoms with Crippen LogP contribution in [0.1, 0.15) is 22.3 Å². The first-order valence-electron chi connectivity index (χ1n) is 26.9. The average Bonchev–Trinajstić information content (AvgIpc) is 3.61. The number of benzene rings is 11. The molecule has 386 valence electrons. The molecule has 79 heavy (non-hydrogen) atoms. The molecular weight excluding hydrogens is 1020 g/mol. The zero-order valence-electron chi connectivity index (χ0n) is 43.9. The zero-order chi connectivity index (χ0) is 53.6. The van der Waals surface area contributed by atoms with Crippen LogP contribution in [0.25, 0.3) is 0 Å². The van der Waals surface area contributed by atoms with E-state index in [1.807, 2.05) is 24.3 Å². The molecule has 0 aliphatic carbocycles. The van der Waals surface area contributed by atoms with Gasteiger partial charge in [-0.3, -0.25) is 0 Å². The largest absolute Gasteiger partial charge is 0.402 e. The number of rotatable bonds is 21. The van der Waals surface area contributed by atoms with Crippen LogP contribution >= 0.6 is 11.6 Å². The second kappa shape index (κ2) is 24.9. The first-order chi connectivity index (χ1) is 39.1. The Hall–Kier alpha value is -8.54. The Labute approximate surface area is 472 Å². The van der Waals surface area contributed by atoms with Crippen LogP contribution in [0.4, 0.5) is 17.1 Å². The zero-order valence-corrected chi connectivity index (χ0v) is 46.6. The van der Waals surface area contributed by atoms with Crippen molar-refractivity contribution in [2.45, 2.75) is 5.41 Å². The molecule has 0 aliphatic heterocycles. The number of hydrogen-bond acceptors (Lipinski definition) is 5. The van der Waals surface area contributed by atoms with Gasteiger partial charge in [0.25, 0.3) is 16.6 Å². The highest BCUT2D eigenvalue weighted by molar-refractivity contribution is 7.07. The summed E-state index contributed by atoms with van der Waals surface area (Å²) in [6.45, 7) is 2.11. The molecule has 0 N–H and O–H groups in total. The van der Waals surface area contributed by atoms with Gasteiger partial charge in [0, 0.05) is 18.8 Å². The van der Waals surface area contributed by atoms with E-state index >= 15 is 0 Å². The third-order valence-electron chi connectivity index (χ3n) is 14.9. The van der Waals surface area contributed by atoms with Crippen molar-refractivity contribution in [3.8, 4) is 0 Å². The molecule has 11 aromatic carbocycles. The highest BCUT2D eigenvalue weighted by atomic mass is 35.5. The lowest BCUT2D eigenvalue weighted by Crippen LogP contribution is -2.70. The van der Waals surface area contributed by atoms with E-state index < -0.39 is 22.0 Å². The third kappa shape index (κ3) is 11.0. The first kappa shape index (κ1) is 52.5. The second-order valence-corrected chi connectivity index (χ2v) is 26.6. The molecule has 0 amide bonds. The van der Waals surface area contributed by atoms with Crippen LogP contribution in [0.3, 0.4) is 0 Å². The van der Waals surface area contributed by atoms with Crippen LogP contribution in [-0.2, 0) is 14.3 Å². The van der Waals surface area contributed by atoms with Gasteiger partial charge in [0.05, 0.1) is 29.3 Å². The lowest BCUT2D eigenvalue weighted by molar-refractivity contribution is 0.308. The first-order valence-corrected chi connectivity index (χ1v) is 31.1. The Kier molecular flexibility index (Phi) is 16.5. The highest BCUT2D eigenvalue weighted by Crippen LogP contribution is 2.46. The number of azo groups is 1. The maximum absolute atomic E-state index is 7.54. The molecule has 11 rings (SSSR count). The normalized spacial score (nSPS) is 11.9. The Morgan fingerprint density at radius 1 is 0.329 bits per heavy atom. The summed E-state index contributed by atoms with van der Waals surface area (Å²) in [5.41, 5.74) is 6.12. The predicted octanol–water partition coefficient (Wildman–Crippen LogP) is 13.3. The Bertz CT molecular complexity index is 3240. The summed E-state index contributed by atoms with van der Waals surface area (Å²) in [4.78, 5) is 2.38. The van der Waals surface area contributed by atoms with E-state index in [9.17, 15) is 0 Å². The monoisotopic (exact) mass is 1080 g/mol. The molecule has 0 radical (unpaired) electrons. The molecule has 0 atom stereocenters. The fraction of sp³-hybridized carbons (Fsp3) is 0.0704. The number of hydrogen-bond donors (Lipinski definition) is 0. The van der Waals surface area contributed by atoms with Crippen molar-refractivity contribution in [1.82, 2.24) is 0 Å². The number of halogens is 1. The van der Waals surface area contributed by atoms with E-state index in [0.717, 1.165) is 27.9 Å².